The summed E-state index contributed by atoms with van der Waals surface area (Å²) < 4.78 is 0. The van der Waals surface area contributed by atoms with Crippen molar-refractivity contribution in [2.75, 3.05) is 13.2 Å². The zero-order valence-electron chi connectivity index (χ0n) is 10.1. The number of carbonyl (C=O) groups excluding carboxylic acids is 1. The number of H-pyrrole nitrogens is 1. The van der Waals surface area contributed by atoms with E-state index in [0.717, 1.165) is 0 Å². The number of rotatable bonds is 5. The molecule has 2 N–H and O–H groups in total. The first kappa shape index (κ1) is 13.4. The molecule has 0 saturated carbocycles. The van der Waals surface area contributed by atoms with E-state index in [0.29, 0.717) is 13.0 Å². The minimum absolute atomic E-state index is 0.00587. The van der Waals surface area contributed by atoms with Gasteiger partial charge in [-0.3, -0.25) is 9.59 Å². The van der Waals surface area contributed by atoms with Gasteiger partial charge in [0.25, 0.3) is 11.5 Å². The van der Waals surface area contributed by atoms with Gasteiger partial charge in [0.15, 0.2) is 0 Å². The second-order valence-corrected chi connectivity index (χ2v) is 4.08. The van der Waals surface area contributed by atoms with Crippen LogP contribution in [0.4, 0.5) is 0 Å². The Bertz CT molecular complexity index is 426. The van der Waals surface area contributed by atoms with Crippen LogP contribution in [-0.4, -0.2) is 40.1 Å². The van der Waals surface area contributed by atoms with Crippen molar-refractivity contribution in [1.82, 2.24) is 9.88 Å². The maximum Gasteiger partial charge on any atom is 0.260 e. The summed E-state index contributed by atoms with van der Waals surface area (Å²) in [6.07, 6.45) is 2.00. The number of carbonyl (C=O) groups is 1. The molecule has 1 amide bonds. The van der Waals surface area contributed by atoms with Gasteiger partial charge in [-0.2, -0.15) is 0 Å². The number of hydrogen-bond acceptors (Lipinski definition) is 3. The van der Waals surface area contributed by atoms with Crippen molar-refractivity contribution in [2.45, 2.75) is 26.3 Å². The van der Waals surface area contributed by atoms with Gasteiger partial charge in [-0.25, -0.2) is 0 Å². The molecule has 5 nitrogen and oxygen atoms in total. The number of aliphatic hydroxyl groups is 1. The summed E-state index contributed by atoms with van der Waals surface area (Å²) in [5, 5.41) is 8.80. The van der Waals surface area contributed by atoms with Gasteiger partial charge in [-0.15, -0.1) is 0 Å². The maximum absolute atomic E-state index is 12.1. The third kappa shape index (κ3) is 3.42. The Morgan fingerprint density at radius 1 is 1.53 bits per heavy atom. The Morgan fingerprint density at radius 3 is 2.76 bits per heavy atom. The van der Waals surface area contributed by atoms with Crippen molar-refractivity contribution in [2.24, 2.45) is 0 Å². The molecule has 0 bridgehead atoms. The summed E-state index contributed by atoms with van der Waals surface area (Å²) in [6, 6.07) is 3.13. The summed E-state index contributed by atoms with van der Waals surface area (Å²) in [5.74, 6) is -0.296. The second kappa shape index (κ2) is 6.20. The molecule has 0 saturated heterocycles. The van der Waals surface area contributed by atoms with E-state index >= 15 is 0 Å². The van der Waals surface area contributed by atoms with Gasteiger partial charge in [0.05, 0.1) is 0 Å². The van der Waals surface area contributed by atoms with Gasteiger partial charge in [-0.05, 0) is 32.4 Å². The van der Waals surface area contributed by atoms with Crippen molar-refractivity contribution in [3.05, 3.63) is 34.2 Å². The van der Waals surface area contributed by atoms with Crippen LogP contribution < -0.4 is 5.56 Å². The highest BCUT2D eigenvalue weighted by Gasteiger charge is 2.20. The average molecular weight is 238 g/mol. The number of nitrogens with zero attached hydrogens (tertiary/aromatic N) is 1. The molecule has 1 heterocycles. The number of aromatic amines is 1. The van der Waals surface area contributed by atoms with Gasteiger partial charge in [-0.1, -0.05) is 0 Å². The molecule has 1 aromatic rings. The molecule has 1 aromatic heterocycles. The van der Waals surface area contributed by atoms with Crippen LogP contribution in [0.3, 0.4) is 0 Å². The van der Waals surface area contributed by atoms with Crippen molar-refractivity contribution in [3.63, 3.8) is 0 Å². The Balaban J connectivity index is 2.92. The van der Waals surface area contributed by atoms with Crippen molar-refractivity contribution in [1.29, 1.82) is 0 Å². The van der Waals surface area contributed by atoms with Crippen LogP contribution in [0.5, 0.6) is 0 Å². The minimum atomic E-state index is -0.382. The minimum Gasteiger partial charge on any atom is -0.396 e. The molecule has 94 valence electrons. The molecule has 0 aliphatic heterocycles. The quantitative estimate of drug-likeness (QED) is 0.789. The molecule has 0 spiro atoms. The van der Waals surface area contributed by atoms with E-state index in [1.54, 1.807) is 11.0 Å². The zero-order valence-corrected chi connectivity index (χ0v) is 10.1. The lowest BCUT2D eigenvalue weighted by Gasteiger charge is -2.26. The molecule has 0 aliphatic rings. The van der Waals surface area contributed by atoms with Gasteiger partial charge in [0.2, 0.25) is 0 Å². The number of aromatic nitrogens is 1. The normalized spacial score (nSPS) is 10.6. The highest BCUT2D eigenvalue weighted by atomic mass is 16.3. The molecule has 1 rings (SSSR count). The molecule has 0 atom stereocenters. The molecular formula is C12H18N2O3. The lowest BCUT2D eigenvalue weighted by atomic mass is 10.2. The van der Waals surface area contributed by atoms with Crippen molar-refractivity contribution >= 4 is 5.91 Å². The Labute approximate surface area is 100 Å². The van der Waals surface area contributed by atoms with Gasteiger partial charge >= 0.3 is 0 Å². The summed E-state index contributed by atoms with van der Waals surface area (Å²) >= 11 is 0. The molecular weight excluding hydrogens is 220 g/mol. The third-order valence-electron chi connectivity index (χ3n) is 2.49. The van der Waals surface area contributed by atoms with Crippen LogP contribution in [0.2, 0.25) is 0 Å². The van der Waals surface area contributed by atoms with Crippen molar-refractivity contribution in [3.8, 4) is 0 Å². The van der Waals surface area contributed by atoms with Crippen molar-refractivity contribution < 1.29 is 9.90 Å². The number of amides is 1. The van der Waals surface area contributed by atoms with E-state index in [1.165, 1.54) is 12.3 Å². The van der Waals surface area contributed by atoms with E-state index < -0.39 is 0 Å². The smallest absolute Gasteiger partial charge is 0.260 e. The molecule has 5 heteroatoms. The third-order valence-corrected chi connectivity index (χ3v) is 2.49. The predicted octanol–water partition coefficient (Wildman–Crippen LogP) is 0.608. The van der Waals surface area contributed by atoms with Crippen LogP contribution in [0.15, 0.2) is 23.1 Å². The molecule has 0 aliphatic carbocycles. The Morgan fingerprint density at radius 2 is 2.24 bits per heavy atom. The first-order chi connectivity index (χ1) is 8.07. The standard InChI is InChI=1S/C12H18N2O3/c1-9(2)14(7-4-8-15)12(17)10-5-3-6-13-11(10)16/h3,5-6,9,15H,4,7-8H2,1-2H3,(H,13,16). The van der Waals surface area contributed by atoms with E-state index in [9.17, 15) is 9.59 Å². The fourth-order valence-electron chi connectivity index (χ4n) is 1.58. The fourth-order valence-corrected chi connectivity index (χ4v) is 1.58. The van der Waals surface area contributed by atoms with Crippen LogP contribution >= 0.6 is 0 Å². The summed E-state index contributed by atoms with van der Waals surface area (Å²) in [4.78, 5) is 27.7. The topological polar surface area (TPSA) is 73.4 Å². The van der Waals surface area contributed by atoms with Gasteiger partial charge in [0.1, 0.15) is 5.56 Å². The number of hydrogen-bond donors (Lipinski definition) is 2. The molecule has 0 aromatic carbocycles. The molecule has 0 radical (unpaired) electrons. The highest BCUT2D eigenvalue weighted by molar-refractivity contribution is 5.93. The SMILES string of the molecule is CC(C)N(CCCO)C(=O)c1ccc[nH]c1=O. The summed E-state index contributed by atoms with van der Waals surface area (Å²) in [6.45, 7) is 4.24. The van der Waals surface area contributed by atoms with Crippen LogP contribution in [-0.2, 0) is 0 Å². The molecule has 0 unspecified atom stereocenters. The van der Waals surface area contributed by atoms with Crippen LogP contribution in [0, 0.1) is 0 Å². The van der Waals surface area contributed by atoms with Gasteiger partial charge < -0.3 is 15.0 Å². The zero-order chi connectivity index (χ0) is 12.8. The van der Waals surface area contributed by atoms with Gasteiger partial charge in [0, 0.05) is 25.4 Å². The lowest BCUT2D eigenvalue weighted by molar-refractivity contribution is 0.0691. The lowest BCUT2D eigenvalue weighted by Crippen LogP contribution is -2.40. The summed E-state index contributed by atoms with van der Waals surface area (Å²) in [7, 11) is 0. The monoisotopic (exact) mass is 238 g/mol. The van der Waals surface area contributed by atoms with E-state index in [-0.39, 0.29) is 29.7 Å². The largest absolute Gasteiger partial charge is 0.396 e. The van der Waals surface area contributed by atoms with E-state index in [4.69, 9.17) is 5.11 Å². The predicted molar refractivity (Wildman–Crippen MR) is 64.9 cm³/mol. The number of pyridine rings is 1. The van der Waals surface area contributed by atoms with E-state index in [2.05, 4.69) is 4.98 Å². The Kier molecular flexibility index (Phi) is 4.90. The first-order valence-corrected chi connectivity index (χ1v) is 5.67. The molecule has 17 heavy (non-hydrogen) atoms. The Hall–Kier alpha value is -1.62. The van der Waals surface area contributed by atoms with Crippen LogP contribution in [0.25, 0.3) is 0 Å². The summed E-state index contributed by atoms with van der Waals surface area (Å²) in [5.41, 5.74) is -0.244. The number of aliphatic hydroxyl groups excluding tert-OH is 1. The number of nitrogens with one attached hydrogen (secondary N) is 1. The maximum atomic E-state index is 12.1. The fraction of sp³-hybridized carbons (Fsp3) is 0.500. The first-order valence-electron chi connectivity index (χ1n) is 5.67. The average Bonchev–Trinajstić information content (AvgIpc) is 2.29. The second-order valence-electron chi connectivity index (χ2n) is 4.08. The van der Waals surface area contributed by atoms with E-state index in [1.807, 2.05) is 13.8 Å². The highest BCUT2D eigenvalue weighted by Crippen LogP contribution is 2.05. The van der Waals surface area contributed by atoms with Crippen LogP contribution in [0.1, 0.15) is 30.6 Å². The molecule has 0 fully saturated rings.